The van der Waals surface area contributed by atoms with E-state index in [1.165, 1.54) is 6.08 Å². The minimum atomic E-state index is -0.995. The van der Waals surface area contributed by atoms with Crippen molar-refractivity contribution in [3.63, 3.8) is 0 Å². The average molecular weight is 1160 g/mol. The summed E-state index contributed by atoms with van der Waals surface area (Å²) in [5.74, 6) is -1.87. The van der Waals surface area contributed by atoms with Crippen molar-refractivity contribution >= 4 is 125 Å². The van der Waals surface area contributed by atoms with Crippen LogP contribution in [0.3, 0.4) is 0 Å². The van der Waals surface area contributed by atoms with Gasteiger partial charge in [-0.05, 0) is 43.6 Å². The van der Waals surface area contributed by atoms with Crippen LogP contribution in [0.15, 0.2) is 11.6 Å². The van der Waals surface area contributed by atoms with Crippen molar-refractivity contribution in [2.45, 2.75) is 97.8 Å². The van der Waals surface area contributed by atoms with E-state index in [9.17, 15) is 24.3 Å². The second-order valence-corrected chi connectivity index (χ2v) is 24.6. The number of rotatable bonds is 14. The number of primary amides is 2. The van der Waals surface area contributed by atoms with E-state index in [1.807, 2.05) is 20.8 Å². The molecule has 0 saturated carbocycles. The number of nitrogens with two attached hydrogens (primary N) is 2. The Hall–Kier alpha value is 1.93. The third kappa shape index (κ3) is 24.0. The first-order valence-electron chi connectivity index (χ1n) is 12.0. The molecule has 39 heavy (non-hydrogen) atoms. The van der Waals surface area contributed by atoms with Crippen molar-refractivity contribution < 1.29 is 42.6 Å². The van der Waals surface area contributed by atoms with Crippen molar-refractivity contribution in [3.05, 3.63) is 11.6 Å². The predicted molar refractivity (Wildman–Crippen MR) is 199 cm³/mol. The van der Waals surface area contributed by atoms with Crippen molar-refractivity contribution in [2.24, 2.45) is 23.3 Å². The maximum Gasteiger partial charge on any atom is -0.197 e. The van der Waals surface area contributed by atoms with E-state index in [1.54, 1.807) is 6.92 Å². The van der Waals surface area contributed by atoms with Crippen LogP contribution in [-0.2, 0) is 19.2 Å². The molecular formula is C23H45I5N3O6S2-. The molecule has 3 amide bonds. The molecule has 0 fully saturated rings. The van der Waals surface area contributed by atoms with Gasteiger partial charge >= 0.3 is 56.5 Å². The number of aliphatic hydroxyl groups is 1. The summed E-state index contributed by atoms with van der Waals surface area (Å²) in [6.07, 6.45) is 6.62. The van der Waals surface area contributed by atoms with Gasteiger partial charge in [-0.3, -0.25) is 24.1 Å². The molecule has 236 valence electrons. The van der Waals surface area contributed by atoms with E-state index < -0.39 is 24.1 Å². The number of carbonyl (C=O) groups is 4. The number of carboxylic acids is 1. The maximum atomic E-state index is 11.7. The summed E-state index contributed by atoms with van der Waals surface area (Å²) in [5.41, 5.74) is 11.1. The van der Waals surface area contributed by atoms with Gasteiger partial charge in [0.1, 0.15) is 6.04 Å². The van der Waals surface area contributed by atoms with E-state index in [0.717, 1.165) is 37.0 Å². The Morgan fingerprint density at radius 2 is 1.49 bits per heavy atom. The van der Waals surface area contributed by atoms with E-state index in [2.05, 4.69) is 74.5 Å². The average Bonchev–Trinajstić information content (AvgIpc) is 3.10. The number of hydrogen-bond donors (Lipinski definition) is 4. The fourth-order valence-electron chi connectivity index (χ4n) is 3.94. The molecular weight excluding hydrogens is 1110 g/mol. The quantitative estimate of drug-likeness (QED) is 0.196. The number of carbonyl (C=O) groups excluding carboxylic acids is 3. The van der Waals surface area contributed by atoms with Gasteiger partial charge in [-0.15, -0.1) is 0 Å². The molecule has 1 aliphatic heterocycles. The van der Waals surface area contributed by atoms with Crippen LogP contribution < -0.4 is 24.7 Å². The molecule has 0 radical (unpaired) electrons. The zero-order chi connectivity index (χ0) is 29.6. The molecule has 0 bridgehead atoms. The van der Waals surface area contributed by atoms with Crippen LogP contribution >= 0.6 is 101 Å². The Kier molecular flexibility index (Phi) is 42.6. The monoisotopic (exact) mass is 1160 g/mol. The number of hydrogen-bond acceptors (Lipinski definition) is 5. The van der Waals surface area contributed by atoms with Crippen molar-refractivity contribution in [1.82, 2.24) is 4.90 Å². The van der Waals surface area contributed by atoms with Gasteiger partial charge in [0.15, 0.2) is 6.23 Å². The first-order valence-corrected chi connectivity index (χ1v) is 30.8. The number of halogens is 5. The minimum Gasteiger partial charge on any atom is -0.197 e. The standard InChI is InChI=1S/C12H23NO3.C11H18N2O3.I3.I2.2H2S/c1-3-5-9(8-11(14)15)6-7-10(4-2)12(13)16;1-3-5-7-6-9(14)13(11(7)16)8(4-2)10(12)15;1-3-2;1-2;;/h9-10H,3-8H2,1-2H3,(H2,13,16)(H,14,15);6,8,11,16H,3-5H2,1-2H3,(H2,12,15);;;2*1H2/q;;-1;;;/t9?,10-;8-,11?;;;;/m10..../s1. The zero-order valence-corrected chi connectivity index (χ0v) is 35.6. The first-order chi connectivity index (χ1) is 17.4. The second-order valence-electron chi connectivity index (χ2n) is 8.31. The summed E-state index contributed by atoms with van der Waals surface area (Å²) in [5, 5.41) is 18.7. The zero-order valence-electron chi connectivity index (χ0n) is 22.8. The van der Waals surface area contributed by atoms with Crippen LogP contribution in [0.25, 0.3) is 0 Å². The summed E-state index contributed by atoms with van der Waals surface area (Å²) in [6.45, 7) is 7.70. The number of aliphatic carboxylic acids is 1. The Morgan fingerprint density at radius 1 is 0.974 bits per heavy atom. The molecule has 0 spiro atoms. The van der Waals surface area contributed by atoms with Crippen molar-refractivity contribution in [3.8, 4) is 0 Å². The predicted octanol–water partition coefficient (Wildman–Crippen LogP) is 3.08. The molecule has 2 unspecified atom stereocenters. The molecule has 0 aromatic rings. The van der Waals surface area contributed by atoms with Crippen LogP contribution in [0.1, 0.15) is 85.5 Å². The fraction of sp³-hybridized carbons (Fsp3) is 0.739. The van der Waals surface area contributed by atoms with E-state index in [0.29, 0.717) is 38.1 Å². The Bertz CT molecular complexity index is 711. The Balaban J connectivity index is -0.000000162. The van der Waals surface area contributed by atoms with Gasteiger partial charge in [-0.1, -0.05) is 47.0 Å². The summed E-state index contributed by atoms with van der Waals surface area (Å²) in [7, 11) is 0. The number of amides is 3. The topological polar surface area (TPSA) is 164 Å². The summed E-state index contributed by atoms with van der Waals surface area (Å²) < 4.78 is 0. The van der Waals surface area contributed by atoms with Crippen LogP contribution in [0.2, 0.25) is 0 Å². The van der Waals surface area contributed by atoms with Gasteiger partial charge in [-0.25, -0.2) is 0 Å². The van der Waals surface area contributed by atoms with E-state index >= 15 is 0 Å². The Labute approximate surface area is 301 Å². The smallest absolute Gasteiger partial charge is 0.197 e. The molecule has 1 rings (SSSR count). The van der Waals surface area contributed by atoms with Crippen LogP contribution in [-0.4, -0.2) is 51.1 Å². The van der Waals surface area contributed by atoms with Gasteiger partial charge < -0.3 is 21.7 Å². The molecule has 16 heteroatoms. The summed E-state index contributed by atoms with van der Waals surface area (Å²) >= 11 is 9.54. The van der Waals surface area contributed by atoms with Crippen molar-refractivity contribution in [1.29, 1.82) is 0 Å². The SMILES string of the molecule is CCCC(CC[C@@H](CC)C(N)=O)CC(=O)O.CCCC1=CC(=O)N([C@@H](CC)C(N)=O)C1O.II.I[I-]I.S.S. The molecule has 0 aromatic heterocycles. The number of carboxylic acid groups (broad SMARTS) is 1. The second kappa shape index (κ2) is 32.8. The molecule has 9 nitrogen and oxygen atoms in total. The van der Waals surface area contributed by atoms with E-state index in [-0.39, 0.29) is 57.1 Å². The number of aliphatic hydroxyl groups excluding tert-OH is 1. The van der Waals surface area contributed by atoms with Crippen LogP contribution in [0, 0.1) is 11.8 Å². The minimum absolute atomic E-state index is 0. The molecule has 0 aliphatic carbocycles. The van der Waals surface area contributed by atoms with Gasteiger partial charge in [0.25, 0.3) is 0 Å². The largest absolute Gasteiger partial charge is 0.197 e. The molecule has 0 aromatic carbocycles. The fourth-order valence-corrected chi connectivity index (χ4v) is 3.94. The summed E-state index contributed by atoms with van der Waals surface area (Å²) in [6, 6.07) is -0.729. The summed E-state index contributed by atoms with van der Waals surface area (Å²) in [4.78, 5) is 45.7. The van der Waals surface area contributed by atoms with Crippen LogP contribution in [0.5, 0.6) is 0 Å². The maximum absolute atomic E-state index is 11.7. The van der Waals surface area contributed by atoms with Crippen LogP contribution in [0.4, 0.5) is 0 Å². The van der Waals surface area contributed by atoms with Gasteiger partial charge in [0, 0.05) is 55.6 Å². The van der Waals surface area contributed by atoms with Gasteiger partial charge in [0.2, 0.25) is 17.7 Å². The first kappa shape index (κ1) is 50.6. The van der Waals surface area contributed by atoms with Crippen molar-refractivity contribution in [2.75, 3.05) is 0 Å². The van der Waals surface area contributed by atoms with E-state index in [4.69, 9.17) is 16.6 Å². The van der Waals surface area contributed by atoms with Gasteiger partial charge in [0.05, 0.1) is 0 Å². The molecule has 1 aliphatic rings. The molecule has 0 saturated heterocycles. The third-order valence-electron chi connectivity index (χ3n) is 5.73. The molecule has 4 atom stereocenters. The van der Waals surface area contributed by atoms with Gasteiger partial charge in [-0.2, -0.15) is 27.0 Å². The molecule has 6 N–H and O–H groups in total. The Morgan fingerprint density at radius 3 is 1.82 bits per heavy atom. The normalized spacial score (nSPS) is 15.7. The third-order valence-corrected chi connectivity index (χ3v) is 5.73. The molecule has 1 heterocycles. The number of nitrogens with zero attached hydrogens (tertiary/aromatic N) is 1.